The summed E-state index contributed by atoms with van der Waals surface area (Å²) in [6.45, 7) is 2.47. The molecule has 4 rings (SSSR count). The number of likely N-dealkylation sites (tertiary alicyclic amines) is 1. The molecule has 1 aromatic heterocycles. The van der Waals surface area contributed by atoms with Crippen LogP contribution in [0.2, 0.25) is 0 Å². The van der Waals surface area contributed by atoms with E-state index >= 15 is 0 Å². The highest BCUT2D eigenvalue weighted by Gasteiger charge is 2.32. The van der Waals surface area contributed by atoms with Gasteiger partial charge in [0, 0.05) is 36.4 Å². The van der Waals surface area contributed by atoms with E-state index in [1.54, 1.807) is 6.26 Å². The first kappa shape index (κ1) is 22.8. The molecule has 1 aromatic carbocycles. The fourth-order valence-electron chi connectivity index (χ4n) is 4.42. The van der Waals surface area contributed by atoms with E-state index in [9.17, 15) is 4.79 Å². The van der Waals surface area contributed by atoms with Crippen LogP contribution in [0.5, 0.6) is 0 Å². The Labute approximate surface area is 188 Å². The summed E-state index contributed by atoms with van der Waals surface area (Å²) in [5.74, 6) is 0.243. The fourth-order valence-corrected chi connectivity index (χ4v) is 4.42. The minimum absolute atomic E-state index is 0.0210. The lowest BCUT2D eigenvalue weighted by Crippen LogP contribution is -2.38. The van der Waals surface area contributed by atoms with Gasteiger partial charge in [-0.05, 0) is 25.0 Å². The molecule has 0 spiro atoms. The first-order valence-corrected chi connectivity index (χ1v) is 11.7. The number of hydrogen-bond acceptors (Lipinski definition) is 6. The lowest BCUT2D eigenvalue weighted by Gasteiger charge is -2.32. The number of benzene rings is 1. The van der Waals surface area contributed by atoms with Gasteiger partial charge >= 0.3 is 0 Å². The molecule has 1 N–H and O–H groups in total. The second kappa shape index (κ2) is 11.5. The van der Waals surface area contributed by atoms with Crippen molar-refractivity contribution in [2.24, 2.45) is 0 Å². The Morgan fingerprint density at radius 3 is 2.66 bits per heavy atom. The number of amides is 1. The van der Waals surface area contributed by atoms with Crippen molar-refractivity contribution in [2.45, 2.75) is 50.7 Å². The van der Waals surface area contributed by atoms with Gasteiger partial charge in [0.05, 0.1) is 32.7 Å². The van der Waals surface area contributed by atoms with Crippen molar-refractivity contribution in [1.82, 2.24) is 4.90 Å². The van der Waals surface area contributed by atoms with Gasteiger partial charge in [-0.15, -0.1) is 0 Å². The van der Waals surface area contributed by atoms with Gasteiger partial charge in [0.2, 0.25) is 6.29 Å². The van der Waals surface area contributed by atoms with Crippen molar-refractivity contribution < 1.29 is 28.5 Å². The molecule has 174 valence electrons. The van der Waals surface area contributed by atoms with Crippen molar-refractivity contribution in [3.63, 3.8) is 0 Å². The van der Waals surface area contributed by atoms with Gasteiger partial charge in [-0.25, -0.2) is 0 Å². The number of allylic oxidation sites excluding steroid dienone is 1. The highest BCUT2D eigenvalue weighted by molar-refractivity contribution is 5.92. The van der Waals surface area contributed by atoms with Crippen molar-refractivity contribution in [1.29, 1.82) is 0 Å². The number of para-hydroxylation sites is 1. The van der Waals surface area contributed by atoms with Gasteiger partial charge in [0.25, 0.3) is 5.91 Å². The summed E-state index contributed by atoms with van der Waals surface area (Å²) in [6.07, 6.45) is 9.35. The molecule has 2 atom stereocenters. The van der Waals surface area contributed by atoms with Crippen LogP contribution in [0, 0.1) is 0 Å². The Bertz CT molecular complexity index is 899. The third kappa shape index (κ3) is 5.71. The molecule has 0 saturated carbocycles. The second-order valence-electron chi connectivity index (χ2n) is 8.37. The molecular weight excluding hydrogens is 410 g/mol. The molecule has 2 aliphatic heterocycles. The van der Waals surface area contributed by atoms with E-state index in [0.29, 0.717) is 25.4 Å². The molecule has 0 bridgehead atoms. The SMILES string of the molecule is O=C(C1=C[C@H](c2coc3ccccc23)C[C@H](OCCOCCO)O1)N1CCCCCCC1. The van der Waals surface area contributed by atoms with Gasteiger partial charge in [-0.2, -0.15) is 0 Å². The molecule has 0 radical (unpaired) electrons. The molecule has 3 heterocycles. The highest BCUT2D eigenvalue weighted by atomic mass is 16.7. The van der Waals surface area contributed by atoms with Crippen LogP contribution in [-0.2, 0) is 19.0 Å². The van der Waals surface area contributed by atoms with Crippen molar-refractivity contribution >= 4 is 16.9 Å². The van der Waals surface area contributed by atoms with Gasteiger partial charge < -0.3 is 28.6 Å². The Kier molecular flexibility index (Phi) is 8.20. The van der Waals surface area contributed by atoms with Crippen LogP contribution in [-0.4, -0.2) is 61.7 Å². The summed E-state index contributed by atoms with van der Waals surface area (Å²) in [7, 11) is 0. The lowest BCUT2D eigenvalue weighted by atomic mass is 9.92. The number of ether oxygens (including phenoxy) is 3. The van der Waals surface area contributed by atoms with E-state index in [1.807, 2.05) is 35.2 Å². The molecule has 1 fully saturated rings. The van der Waals surface area contributed by atoms with E-state index in [1.165, 1.54) is 6.42 Å². The zero-order valence-electron chi connectivity index (χ0n) is 18.5. The largest absolute Gasteiger partial charge is 0.464 e. The zero-order chi connectivity index (χ0) is 22.2. The minimum Gasteiger partial charge on any atom is -0.464 e. The topological polar surface area (TPSA) is 81.4 Å². The monoisotopic (exact) mass is 443 g/mol. The maximum absolute atomic E-state index is 13.4. The maximum Gasteiger partial charge on any atom is 0.288 e. The summed E-state index contributed by atoms with van der Waals surface area (Å²) < 4.78 is 23.0. The smallest absolute Gasteiger partial charge is 0.288 e. The number of rotatable bonds is 8. The van der Waals surface area contributed by atoms with Crippen molar-refractivity contribution in [2.75, 3.05) is 39.5 Å². The van der Waals surface area contributed by atoms with E-state index in [4.69, 9.17) is 23.7 Å². The van der Waals surface area contributed by atoms with Crippen LogP contribution in [0.4, 0.5) is 0 Å². The summed E-state index contributed by atoms with van der Waals surface area (Å²) in [5, 5.41) is 9.89. The van der Waals surface area contributed by atoms with Crippen LogP contribution in [0.25, 0.3) is 11.0 Å². The number of aliphatic hydroxyl groups is 1. The Morgan fingerprint density at radius 1 is 1.06 bits per heavy atom. The Hall–Kier alpha value is -2.35. The molecule has 2 aliphatic rings. The molecule has 2 aromatic rings. The van der Waals surface area contributed by atoms with E-state index in [0.717, 1.165) is 55.3 Å². The van der Waals surface area contributed by atoms with Crippen molar-refractivity contribution in [3.05, 3.63) is 47.9 Å². The van der Waals surface area contributed by atoms with Crippen LogP contribution in [0.15, 0.2) is 46.8 Å². The number of hydrogen-bond donors (Lipinski definition) is 1. The Balaban J connectivity index is 1.52. The van der Waals surface area contributed by atoms with E-state index in [-0.39, 0.29) is 25.0 Å². The average molecular weight is 444 g/mol. The van der Waals surface area contributed by atoms with Gasteiger partial charge in [-0.1, -0.05) is 37.5 Å². The third-order valence-corrected chi connectivity index (χ3v) is 6.09. The molecule has 0 aliphatic carbocycles. The first-order chi connectivity index (χ1) is 15.8. The lowest BCUT2D eigenvalue weighted by molar-refractivity contribution is -0.156. The molecular formula is C25H33NO6. The van der Waals surface area contributed by atoms with E-state index < -0.39 is 6.29 Å². The molecule has 1 amide bonds. The number of fused-ring (bicyclic) bond motifs is 1. The molecule has 7 nitrogen and oxygen atoms in total. The van der Waals surface area contributed by atoms with Crippen LogP contribution >= 0.6 is 0 Å². The fraction of sp³-hybridized carbons (Fsp3) is 0.560. The van der Waals surface area contributed by atoms with Crippen molar-refractivity contribution in [3.8, 4) is 0 Å². The zero-order valence-corrected chi connectivity index (χ0v) is 18.5. The predicted octanol–water partition coefficient (Wildman–Crippen LogP) is 3.96. The Morgan fingerprint density at radius 2 is 1.84 bits per heavy atom. The second-order valence-corrected chi connectivity index (χ2v) is 8.37. The highest BCUT2D eigenvalue weighted by Crippen LogP contribution is 2.36. The number of carbonyl (C=O) groups excluding carboxylic acids is 1. The van der Waals surface area contributed by atoms with Crippen LogP contribution < -0.4 is 0 Å². The summed E-state index contributed by atoms with van der Waals surface area (Å²) in [4.78, 5) is 15.3. The number of aliphatic hydroxyl groups excluding tert-OH is 1. The van der Waals surface area contributed by atoms with Gasteiger partial charge in [0.1, 0.15) is 5.58 Å². The predicted molar refractivity (Wildman–Crippen MR) is 120 cm³/mol. The van der Waals surface area contributed by atoms with Crippen LogP contribution in [0.1, 0.15) is 50.0 Å². The summed E-state index contributed by atoms with van der Waals surface area (Å²) >= 11 is 0. The van der Waals surface area contributed by atoms with E-state index in [2.05, 4.69) is 0 Å². The third-order valence-electron chi connectivity index (χ3n) is 6.09. The van der Waals surface area contributed by atoms with Gasteiger partial charge in [0.15, 0.2) is 5.76 Å². The number of carbonyl (C=O) groups is 1. The molecule has 32 heavy (non-hydrogen) atoms. The molecule has 0 unspecified atom stereocenters. The van der Waals surface area contributed by atoms with Crippen LogP contribution in [0.3, 0.4) is 0 Å². The number of furan rings is 1. The number of nitrogens with zero attached hydrogens (tertiary/aromatic N) is 1. The van der Waals surface area contributed by atoms with Gasteiger partial charge in [-0.3, -0.25) is 4.79 Å². The summed E-state index contributed by atoms with van der Waals surface area (Å²) in [6, 6.07) is 7.92. The first-order valence-electron chi connectivity index (χ1n) is 11.7. The summed E-state index contributed by atoms with van der Waals surface area (Å²) in [5.41, 5.74) is 1.86. The minimum atomic E-state index is -0.551. The molecule has 7 heteroatoms. The standard InChI is InChI=1S/C25H33NO6/c27-12-13-29-14-15-30-24-17-19(21-18-31-22-9-5-4-8-20(21)22)16-23(32-24)25(28)26-10-6-2-1-3-7-11-26/h4-5,8-9,16,18-19,24,27H,1-3,6-7,10-15,17H2/t19-,24+/m0/s1. The maximum atomic E-state index is 13.4. The molecule has 1 saturated heterocycles. The quantitative estimate of drug-likeness (QED) is 0.622. The normalized spacial score (nSPS) is 22.2. The average Bonchev–Trinajstić information content (AvgIpc) is 3.22.